The zero-order valence-electron chi connectivity index (χ0n) is 12.0. The van der Waals surface area contributed by atoms with Crippen LogP contribution in [-0.4, -0.2) is 50.3 Å². The number of piperidine rings is 1. The third kappa shape index (κ3) is 2.60. The van der Waals surface area contributed by atoms with Gasteiger partial charge in [-0.1, -0.05) is 0 Å². The fourth-order valence-corrected chi connectivity index (χ4v) is 3.28. The number of aromatic nitrogens is 2. The number of halogens is 3. The Morgan fingerprint density at radius 1 is 1.41 bits per heavy atom. The Balaban J connectivity index is 1.70. The number of β-amino-alcohol motifs (C(OH)–C–C–N with tert-alkyl or cyclic N) is 1. The number of hydrogen-bond acceptors (Lipinski definition) is 3. The fraction of sp³-hybridized carbons (Fsp3) is 0.714. The van der Waals surface area contributed by atoms with E-state index in [1.165, 1.54) is 4.90 Å². The van der Waals surface area contributed by atoms with Crippen molar-refractivity contribution in [2.75, 3.05) is 13.1 Å². The molecule has 0 bridgehead atoms. The maximum Gasteiger partial charge on any atom is 0.418 e. The minimum atomic E-state index is -4.71. The van der Waals surface area contributed by atoms with Gasteiger partial charge < -0.3 is 14.6 Å². The second-order valence-electron chi connectivity index (χ2n) is 6.12. The first-order chi connectivity index (χ1) is 10.3. The number of rotatable bonds is 1. The highest BCUT2D eigenvalue weighted by Crippen LogP contribution is 2.38. The van der Waals surface area contributed by atoms with Crippen molar-refractivity contribution in [1.29, 1.82) is 0 Å². The zero-order valence-corrected chi connectivity index (χ0v) is 12.0. The summed E-state index contributed by atoms with van der Waals surface area (Å²) < 4.78 is 40.8. The quantitative estimate of drug-likeness (QED) is 0.851. The molecule has 122 valence electrons. The molecule has 0 spiro atoms. The SMILES string of the molecule is O=C(C1CCn2ccnc2C1)N1CCCC(O)(C(F)(F)F)C1. The van der Waals surface area contributed by atoms with E-state index in [-0.39, 0.29) is 31.2 Å². The smallest absolute Gasteiger partial charge is 0.379 e. The summed E-state index contributed by atoms with van der Waals surface area (Å²) in [5.41, 5.74) is -2.78. The summed E-state index contributed by atoms with van der Waals surface area (Å²) in [4.78, 5) is 17.8. The van der Waals surface area contributed by atoms with Crippen LogP contribution in [0.1, 0.15) is 25.1 Å². The summed E-state index contributed by atoms with van der Waals surface area (Å²) in [6.45, 7) is 0.242. The molecule has 2 aliphatic heterocycles. The monoisotopic (exact) mass is 317 g/mol. The number of fused-ring (bicyclic) bond motifs is 1. The van der Waals surface area contributed by atoms with Crippen molar-refractivity contribution in [3.63, 3.8) is 0 Å². The van der Waals surface area contributed by atoms with Gasteiger partial charge in [0.25, 0.3) is 0 Å². The zero-order chi connectivity index (χ0) is 16.0. The summed E-state index contributed by atoms with van der Waals surface area (Å²) in [6, 6.07) is 0. The first kappa shape index (κ1) is 15.3. The van der Waals surface area contributed by atoms with E-state index in [0.29, 0.717) is 19.4 Å². The summed E-state index contributed by atoms with van der Waals surface area (Å²) in [5.74, 6) is 0.120. The van der Waals surface area contributed by atoms with Gasteiger partial charge in [-0.3, -0.25) is 4.79 Å². The number of likely N-dealkylation sites (tertiary alicyclic amines) is 1. The lowest BCUT2D eigenvalue weighted by molar-refractivity contribution is -0.273. The van der Waals surface area contributed by atoms with Crippen LogP contribution < -0.4 is 0 Å². The topological polar surface area (TPSA) is 58.4 Å². The van der Waals surface area contributed by atoms with Crippen molar-refractivity contribution in [1.82, 2.24) is 14.5 Å². The Morgan fingerprint density at radius 2 is 2.18 bits per heavy atom. The number of aryl methyl sites for hydroxylation is 1. The van der Waals surface area contributed by atoms with Crippen LogP contribution in [0.25, 0.3) is 0 Å². The van der Waals surface area contributed by atoms with Crippen LogP contribution in [0.5, 0.6) is 0 Å². The second-order valence-corrected chi connectivity index (χ2v) is 6.12. The maximum atomic E-state index is 13.0. The molecule has 1 fully saturated rings. The highest BCUT2D eigenvalue weighted by molar-refractivity contribution is 5.79. The van der Waals surface area contributed by atoms with E-state index >= 15 is 0 Å². The second kappa shape index (κ2) is 5.26. The van der Waals surface area contributed by atoms with Gasteiger partial charge in [0.05, 0.1) is 6.54 Å². The molecule has 1 N–H and O–H groups in total. The van der Waals surface area contributed by atoms with E-state index in [4.69, 9.17) is 0 Å². The maximum absolute atomic E-state index is 13.0. The molecule has 1 aromatic rings. The van der Waals surface area contributed by atoms with E-state index in [2.05, 4.69) is 4.98 Å². The predicted octanol–water partition coefficient (Wildman–Crippen LogP) is 1.36. The number of carbonyl (C=O) groups excluding carboxylic acids is 1. The van der Waals surface area contributed by atoms with Crippen LogP contribution in [0.4, 0.5) is 13.2 Å². The molecule has 0 saturated carbocycles. The molecule has 1 saturated heterocycles. The number of imidazole rings is 1. The first-order valence-electron chi connectivity index (χ1n) is 7.38. The van der Waals surface area contributed by atoms with E-state index in [1.54, 1.807) is 6.20 Å². The lowest BCUT2D eigenvalue weighted by Gasteiger charge is -2.41. The highest BCUT2D eigenvalue weighted by Gasteiger charge is 2.56. The Hall–Kier alpha value is -1.57. The molecule has 3 heterocycles. The molecule has 22 heavy (non-hydrogen) atoms. The number of alkyl halides is 3. The normalized spacial score (nSPS) is 29.3. The third-order valence-corrected chi connectivity index (χ3v) is 4.61. The van der Waals surface area contributed by atoms with Gasteiger partial charge in [0.1, 0.15) is 5.82 Å². The Bertz CT molecular complexity index is 572. The molecule has 2 atom stereocenters. The average molecular weight is 317 g/mol. The van der Waals surface area contributed by atoms with Gasteiger partial charge >= 0.3 is 6.18 Å². The number of carbonyl (C=O) groups is 1. The molecule has 3 rings (SSSR count). The molecular weight excluding hydrogens is 299 g/mol. The van der Waals surface area contributed by atoms with Crippen molar-refractivity contribution < 1.29 is 23.1 Å². The van der Waals surface area contributed by atoms with Crippen molar-refractivity contribution >= 4 is 5.91 Å². The average Bonchev–Trinajstić information content (AvgIpc) is 2.92. The Kier molecular flexibility index (Phi) is 3.66. The van der Waals surface area contributed by atoms with Crippen LogP contribution in [0, 0.1) is 5.92 Å². The van der Waals surface area contributed by atoms with Gasteiger partial charge in [0, 0.05) is 37.8 Å². The van der Waals surface area contributed by atoms with Crippen LogP contribution in [0.3, 0.4) is 0 Å². The predicted molar refractivity (Wildman–Crippen MR) is 70.9 cm³/mol. The highest BCUT2D eigenvalue weighted by atomic mass is 19.4. The van der Waals surface area contributed by atoms with Crippen molar-refractivity contribution in [3.8, 4) is 0 Å². The van der Waals surface area contributed by atoms with E-state index in [0.717, 1.165) is 5.82 Å². The third-order valence-electron chi connectivity index (χ3n) is 4.61. The lowest BCUT2D eigenvalue weighted by Crippen LogP contribution is -2.59. The summed E-state index contributed by atoms with van der Waals surface area (Å²) >= 11 is 0. The number of amides is 1. The fourth-order valence-electron chi connectivity index (χ4n) is 3.28. The van der Waals surface area contributed by atoms with Crippen LogP contribution in [0.2, 0.25) is 0 Å². The van der Waals surface area contributed by atoms with Crippen LogP contribution in [-0.2, 0) is 17.8 Å². The van der Waals surface area contributed by atoms with Gasteiger partial charge in [0.15, 0.2) is 5.60 Å². The van der Waals surface area contributed by atoms with E-state index in [1.807, 2.05) is 10.8 Å². The van der Waals surface area contributed by atoms with Gasteiger partial charge in [0.2, 0.25) is 5.91 Å². The van der Waals surface area contributed by atoms with Crippen LogP contribution in [0.15, 0.2) is 12.4 Å². The molecule has 0 aromatic carbocycles. The molecule has 2 aliphatic rings. The van der Waals surface area contributed by atoms with Gasteiger partial charge in [-0.2, -0.15) is 13.2 Å². The molecule has 1 aromatic heterocycles. The van der Waals surface area contributed by atoms with Crippen molar-refractivity contribution in [2.24, 2.45) is 5.92 Å². The Labute approximate surface area is 125 Å². The molecule has 0 radical (unpaired) electrons. The van der Waals surface area contributed by atoms with Gasteiger partial charge in [-0.05, 0) is 19.3 Å². The van der Waals surface area contributed by atoms with E-state index < -0.39 is 18.3 Å². The molecular formula is C14H18F3N3O2. The summed E-state index contributed by atoms with van der Waals surface area (Å²) in [6.07, 6.45) is -0.395. The largest absolute Gasteiger partial charge is 0.418 e. The summed E-state index contributed by atoms with van der Waals surface area (Å²) in [7, 11) is 0. The van der Waals surface area contributed by atoms with E-state index in [9.17, 15) is 23.1 Å². The van der Waals surface area contributed by atoms with Crippen molar-refractivity contribution in [3.05, 3.63) is 18.2 Å². The van der Waals surface area contributed by atoms with Gasteiger partial charge in [-0.15, -0.1) is 0 Å². The van der Waals surface area contributed by atoms with Gasteiger partial charge in [-0.25, -0.2) is 4.98 Å². The minimum absolute atomic E-state index is 0.156. The van der Waals surface area contributed by atoms with Crippen molar-refractivity contribution in [2.45, 2.75) is 44.0 Å². The molecule has 2 unspecified atom stereocenters. The molecule has 8 heteroatoms. The Morgan fingerprint density at radius 3 is 2.91 bits per heavy atom. The molecule has 5 nitrogen and oxygen atoms in total. The summed E-state index contributed by atoms with van der Waals surface area (Å²) in [5, 5.41) is 9.81. The number of hydrogen-bond donors (Lipinski definition) is 1. The number of nitrogens with zero attached hydrogens (tertiary/aromatic N) is 3. The first-order valence-corrected chi connectivity index (χ1v) is 7.38. The molecule has 1 amide bonds. The minimum Gasteiger partial charge on any atom is -0.379 e. The lowest BCUT2D eigenvalue weighted by atomic mass is 9.89. The number of aliphatic hydroxyl groups is 1. The van der Waals surface area contributed by atoms with Crippen LogP contribution >= 0.6 is 0 Å². The molecule has 0 aliphatic carbocycles. The standard InChI is InChI=1S/C14H18F3N3O2/c15-14(16,17)13(22)3-1-5-20(9-13)12(21)10-2-6-19-7-4-18-11(19)8-10/h4,7,10,22H,1-3,5-6,8-9H2.